The summed E-state index contributed by atoms with van der Waals surface area (Å²) in [7, 11) is 0. The lowest BCUT2D eigenvalue weighted by Gasteiger charge is -2.11. The Morgan fingerprint density at radius 3 is 2.81 bits per heavy atom. The summed E-state index contributed by atoms with van der Waals surface area (Å²) >= 11 is 0. The number of benzene rings is 2. The number of hydrogen-bond acceptors (Lipinski definition) is 4. The summed E-state index contributed by atoms with van der Waals surface area (Å²) in [5.41, 5.74) is 4.00. The zero-order valence-corrected chi connectivity index (χ0v) is 16.9. The molecular weight excluding hydrogens is 400 g/mol. The number of aromatic nitrogens is 4. The van der Waals surface area contributed by atoms with E-state index in [9.17, 15) is 9.50 Å². The van der Waals surface area contributed by atoms with E-state index < -0.39 is 17.4 Å². The second-order valence-electron chi connectivity index (χ2n) is 7.57. The van der Waals surface area contributed by atoms with Gasteiger partial charge in [0.2, 0.25) is 0 Å². The Bertz CT molecular complexity index is 1320. The number of halogens is 2. The summed E-state index contributed by atoms with van der Waals surface area (Å²) in [5, 5.41) is 20.6. The van der Waals surface area contributed by atoms with Crippen molar-refractivity contribution in [2.75, 3.05) is 13.1 Å². The standard InChI is InChI=1S/C23H21F2N5O/c1-2-12-8-19(31)17(24)9-16(12)14-5-6-15-21(20(14)25)29-30-22(15)23-27-11-18(28-23)13-4-3-7-26-10-13/h4-6,8-9,11,26,31H,2-3,7,10H2,1H3,(H,27,28)(H,29,30). The van der Waals surface area contributed by atoms with Crippen LogP contribution in [-0.2, 0) is 6.42 Å². The van der Waals surface area contributed by atoms with Crippen molar-refractivity contribution in [3.63, 3.8) is 0 Å². The highest BCUT2D eigenvalue weighted by molar-refractivity contribution is 5.95. The van der Waals surface area contributed by atoms with Crippen LogP contribution in [0.3, 0.4) is 0 Å². The third-order valence-corrected chi connectivity index (χ3v) is 5.68. The molecule has 0 fully saturated rings. The summed E-state index contributed by atoms with van der Waals surface area (Å²) < 4.78 is 29.4. The van der Waals surface area contributed by atoms with Gasteiger partial charge in [0, 0.05) is 23.7 Å². The van der Waals surface area contributed by atoms with Gasteiger partial charge in [-0.25, -0.2) is 13.8 Å². The predicted molar refractivity (Wildman–Crippen MR) is 116 cm³/mol. The van der Waals surface area contributed by atoms with E-state index in [0.29, 0.717) is 34.5 Å². The molecule has 8 heteroatoms. The molecule has 158 valence electrons. The van der Waals surface area contributed by atoms with Gasteiger partial charge >= 0.3 is 0 Å². The minimum Gasteiger partial charge on any atom is -0.505 e. The van der Waals surface area contributed by atoms with Gasteiger partial charge < -0.3 is 15.4 Å². The smallest absolute Gasteiger partial charge is 0.165 e. The number of aromatic amines is 2. The number of phenols is 1. The fraction of sp³-hybridized carbons (Fsp3) is 0.217. The van der Waals surface area contributed by atoms with Gasteiger partial charge in [0.05, 0.1) is 5.69 Å². The van der Waals surface area contributed by atoms with Crippen molar-refractivity contribution < 1.29 is 13.9 Å². The molecule has 1 aliphatic rings. The van der Waals surface area contributed by atoms with Crippen molar-refractivity contribution in [1.29, 1.82) is 0 Å². The van der Waals surface area contributed by atoms with Crippen LogP contribution >= 0.6 is 0 Å². The molecule has 0 bridgehead atoms. The molecule has 2 aromatic carbocycles. The molecule has 5 rings (SSSR count). The SMILES string of the molecule is CCc1cc(O)c(F)cc1-c1ccc2c(-c3nc(C4=CCCNC4)c[nH]3)n[nH]c2c1F. The highest BCUT2D eigenvalue weighted by Gasteiger charge is 2.20. The Hall–Kier alpha value is -3.52. The van der Waals surface area contributed by atoms with Gasteiger partial charge in [0.15, 0.2) is 23.2 Å². The summed E-state index contributed by atoms with van der Waals surface area (Å²) in [5.74, 6) is -1.21. The van der Waals surface area contributed by atoms with Crippen LogP contribution in [0, 0.1) is 11.6 Å². The molecule has 0 saturated carbocycles. The number of phenolic OH excluding ortho intramolecular Hbond substituents is 1. The molecule has 31 heavy (non-hydrogen) atoms. The van der Waals surface area contributed by atoms with E-state index in [0.717, 1.165) is 30.8 Å². The summed E-state index contributed by atoms with van der Waals surface area (Å²) in [4.78, 5) is 7.77. The third-order valence-electron chi connectivity index (χ3n) is 5.68. The topological polar surface area (TPSA) is 89.6 Å². The monoisotopic (exact) mass is 421 g/mol. The van der Waals surface area contributed by atoms with E-state index in [4.69, 9.17) is 0 Å². The fourth-order valence-corrected chi connectivity index (χ4v) is 4.04. The lowest BCUT2D eigenvalue weighted by molar-refractivity contribution is 0.432. The van der Waals surface area contributed by atoms with Crippen molar-refractivity contribution in [3.05, 3.63) is 59.4 Å². The lowest BCUT2D eigenvalue weighted by atomic mass is 9.96. The minimum atomic E-state index is -0.786. The molecule has 0 saturated heterocycles. The highest BCUT2D eigenvalue weighted by atomic mass is 19.1. The van der Waals surface area contributed by atoms with Gasteiger partial charge in [-0.05, 0) is 54.3 Å². The van der Waals surface area contributed by atoms with Crippen LogP contribution in [0.1, 0.15) is 24.6 Å². The molecule has 0 atom stereocenters. The first-order chi connectivity index (χ1) is 15.1. The van der Waals surface area contributed by atoms with Gasteiger partial charge in [-0.1, -0.05) is 19.1 Å². The number of nitrogens with zero attached hydrogens (tertiary/aromatic N) is 2. The number of imidazole rings is 1. The van der Waals surface area contributed by atoms with Crippen molar-refractivity contribution in [2.24, 2.45) is 0 Å². The molecule has 0 aliphatic carbocycles. The molecule has 0 unspecified atom stereocenters. The Balaban J connectivity index is 1.58. The van der Waals surface area contributed by atoms with E-state index >= 15 is 4.39 Å². The number of aryl methyl sites for hydroxylation is 1. The van der Waals surface area contributed by atoms with Crippen LogP contribution in [0.2, 0.25) is 0 Å². The number of rotatable bonds is 4. The van der Waals surface area contributed by atoms with E-state index in [-0.39, 0.29) is 11.1 Å². The van der Waals surface area contributed by atoms with E-state index in [2.05, 4.69) is 31.6 Å². The number of nitrogens with one attached hydrogen (secondary N) is 3. The van der Waals surface area contributed by atoms with E-state index in [1.165, 1.54) is 12.1 Å². The normalized spacial score (nSPS) is 14.2. The van der Waals surface area contributed by atoms with Crippen LogP contribution in [-0.4, -0.2) is 38.4 Å². The molecule has 0 amide bonds. The largest absolute Gasteiger partial charge is 0.505 e. The molecule has 2 aromatic heterocycles. The van der Waals surface area contributed by atoms with Crippen molar-refractivity contribution in [2.45, 2.75) is 19.8 Å². The van der Waals surface area contributed by atoms with Crippen LogP contribution in [0.5, 0.6) is 5.75 Å². The molecule has 6 nitrogen and oxygen atoms in total. The van der Waals surface area contributed by atoms with Gasteiger partial charge in [0.1, 0.15) is 11.2 Å². The van der Waals surface area contributed by atoms with Crippen LogP contribution in [0.15, 0.2) is 36.5 Å². The molecule has 0 spiro atoms. The van der Waals surface area contributed by atoms with Gasteiger partial charge in [-0.15, -0.1) is 0 Å². The predicted octanol–water partition coefficient (Wildman–Crippen LogP) is 4.54. The Labute approximate surface area is 177 Å². The second-order valence-corrected chi connectivity index (χ2v) is 7.57. The van der Waals surface area contributed by atoms with Crippen LogP contribution in [0.25, 0.3) is 39.1 Å². The first kappa shape index (κ1) is 19.4. The average molecular weight is 421 g/mol. The first-order valence-corrected chi connectivity index (χ1v) is 10.2. The van der Waals surface area contributed by atoms with E-state index in [1.807, 2.05) is 13.1 Å². The summed E-state index contributed by atoms with van der Waals surface area (Å²) in [6.45, 7) is 3.58. The zero-order valence-electron chi connectivity index (χ0n) is 16.9. The van der Waals surface area contributed by atoms with Gasteiger partial charge in [-0.3, -0.25) is 5.10 Å². The molecule has 4 aromatic rings. The quantitative estimate of drug-likeness (QED) is 0.389. The van der Waals surface area contributed by atoms with Gasteiger partial charge in [0.25, 0.3) is 0 Å². The minimum absolute atomic E-state index is 0.222. The summed E-state index contributed by atoms with van der Waals surface area (Å²) in [6.07, 6.45) is 5.46. The van der Waals surface area contributed by atoms with Crippen molar-refractivity contribution in [1.82, 2.24) is 25.5 Å². The number of H-pyrrole nitrogens is 2. The zero-order chi connectivity index (χ0) is 21.5. The molecule has 0 radical (unpaired) electrons. The summed E-state index contributed by atoms with van der Waals surface area (Å²) in [6, 6.07) is 5.87. The number of aromatic hydroxyl groups is 1. The maximum absolute atomic E-state index is 15.4. The van der Waals surface area contributed by atoms with E-state index in [1.54, 1.807) is 12.1 Å². The Morgan fingerprint density at radius 1 is 1.16 bits per heavy atom. The second kappa shape index (κ2) is 7.63. The molecule has 4 N–H and O–H groups in total. The third kappa shape index (κ3) is 3.29. The molecule has 1 aliphatic heterocycles. The van der Waals surface area contributed by atoms with Crippen LogP contribution < -0.4 is 5.32 Å². The van der Waals surface area contributed by atoms with Gasteiger partial charge in [-0.2, -0.15) is 5.10 Å². The molecular formula is C23H21F2N5O. The lowest BCUT2D eigenvalue weighted by Crippen LogP contribution is -2.21. The van der Waals surface area contributed by atoms with Crippen molar-refractivity contribution in [3.8, 4) is 28.4 Å². The Kier molecular flexibility index (Phi) is 4.78. The highest BCUT2D eigenvalue weighted by Crippen LogP contribution is 2.36. The maximum Gasteiger partial charge on any atom is 0.165 e. The number of fused-ring (bicyclic) bond motifs is 1. The van der Waals surface area contributed by atoms with Crippen molar-refractivity contribution >= 4 is 16.5 Å². The fourth-order valence-electron chi connectivity index (χ4n) is 4.04. The Morgan fingerprint density at radius 2 is 2.03 bits per heavy atom. The maximum atomic E-state index is 15.4. The van der Waals surface area contributed by atoms with Crippen LogP contribution in [0.4, 0.5) is 8.78 Å². The number of hydrogen-bond donors (Lipinski definition) is 4. The average Bonchev–Trinajstić information content (AvgIpc) is 3.44. The first-order valence-electron chi connectivity index (χ1n) is 10.2. The molecule has 3 heterocycles.